The predicted molar refractivity (Wildman–Crippen MR) is 161 cm³/mol. The highest BCUT2D eigenvalue weighted by atomic mass is 32.2. The van der Waals surface area contributed by atoms with Crippen molar-refractivity contribution >= 4 is 79.4 Å². The van der Waals surface area contributed by atoms with Gasteiger partial charge in [-0.1, -0.05) is 11.3 Å². The van der Waals surface area contributed by atoms with Gasteiger partial charge in [-0.3, -0.25) is 14.4 Å². The summed E-state index contributed by atoms with van der Waals surface area (Å²) < 4.78 is 17.6. The van der Waals surface area contributed by atoms with E-state index in [2.05, 4.69) is 10.3 Å². The zero-order valence-corrected chi connectivity index (χ0v) is 25.9. The maximum atomic E-state index is 12.8. The van der Waals surface area contributed by atoms with Crippen LogP contribution in [-0.4, -0.2) is 65.6 Å². The highest BCUT2D eigenvalue weighted by Crippen LogP contribution is 2.39. The van der Waals surface area contributed by atoms with Gasteiger partial charge in [0.2, 0.25) is 5.91 Å². The maximum absolute atomic E-state index is 12.8. The summed E-state index contributed by atoms with van der Waals surface area (Å²) in [5, 5.41) is 3.29. The highest BCUT2D eigenvalue weighted by molar-refractivity contribution is 8.00. The molecule has 11 nitrogen and oxygen atoms in total. The van der Waals surface area contributed by atoms with Gasteiger partial charge in [-0.2, -0.15) is 4.99 Å². The number of hydrogen-bond donors (Lipinski definition) is 1. The van der Waals surface area contributed by atoms with Crippen LogP contribution in [0, 0.1) is 0 Å². The zero-order chi connectivity index (χ0) is 30.2. The van der Waals surface area contributed by atoms with E-state index in [1.807, 2.05) is 0 Å². The quantitative estimate of drug-likeness (QED) is 0.232. The number of nitrogens with zero attached hydrogens (tertiary/aromatic N) is 2. The molecule has 224 valence electrons. The summed E-state index contributed by atoms with van der Waals surface area (Å²) in [5.41, 5.74) is 2.33. The fourth-order valence-electron chi connectivity index (χ4n) is 4.43. The molecule has 1 aliphatic carbocycles. The van der Waals surface area contributed by atoms with E-state index >= 15 is 0 Å². The number of nitrogens with one attached hydrogen (secondary N) is 1. The van der Waals surface area contributed by atoms with Gasteiger partial charge in [0, 0.05) is 4.88 Å². The number of aryl methyl sites for hydroxylation is 1. The van der Waals surface area contributed by atoms with Gasteiger partial charge in [0.25, 0.3) is 5.91 Å². The molecule has 0 spiro atoms. The van der Waals surface area contributed by atoms with Gasteiger partial charge >= 0.3 is 17.9 Å². The van der Waals surface area contributed by atoms with Crippen molar-refractivity contribution in [1.29, 1.82) is 0 Å². The molecule has 1 aromatic carbocycles. The molecule has 0 fully saturated rings. The summed E-state index contributed by atoms with van der Waals surface area (Å²) in [7, 11) is 0. The number of rotatable bonds is 12. The smallest absolute Gasteiger partial charge is 0.341 e. The summed E-state index contributed by atoms with van der Waals surface area (Å²) in [5.74, 6) is -2.36. The summed E-state index contributed by atoms with van der Waals surface area (Å²) in [6.45, 7) is 5.66. The van der Waals surface area contributed by atoms with E-state index in [1.165, 1.54) is 11.3 Å². The second-order valence-corrected chi connectivity index (χ2v) is 12.1. The van der Waals surface area contributed by atoms with E-state index < -0.39 is 23.8 Å². The molecule has 2 aromatic heterocycles. The van der Waals surface area contributed by atoms with Crippen LogP contribution in [0.15, 0.2) is 23.2 Å². The SMILES string of the molecule is CCOC(=O)Cn1c(=NC(=O)CSCC(=O)Nc2sc3c(c2C(=O)OCC)CCC3)sc2cc(C(=O)OCC)ccc21. The average molecular weight is 634 g/mol. The van der Waals surface area contributed by atoms with E-state index in [0.717, 1.165) is 52.8 Å². The molecule has 14 heteroatoms. The number of anilines is 1. The Kier molecular flexibility index (Phi) is 10.9. The lowest BCUT2D eigenvalue weighted by Crippen LogP contribution is -2.23. The fourth-order valence-corrected chi connectivity index (χ4v) is 7.41. The summed E-state index contributed by atoms with van der Waals surface area (Å²) in [6, 6.07) is 4.89. The lowest BCUT2D eigenvalue weighted by atomic mass is 10.1. The number of amides is 2. The van der Waals surface area contributed by atoms with Crippen LogP contribution in [-0.2, 0) is 48.0 Å². The standard InChI is InChI=1S/C28H31N3O8S3/c1-4-37-23(34)13-31-18-11-10-16(26(35)38-5-2)12-20(18)42-28(31)30-22(33)15-40-14-21(32)29-25-24(27(36)39-6-3)17-8-7-9-19(17)41-25/h10-12H,4-9,13-15H2,1-3H3,(H,29,32). The Bertz CT molecular complexity index is 1590. The van der Waals surface area contributed by atoms with Crippen LogP contribution in [0.2, 0.25) is 0 Å². The Morgan fingerprint density at radius 1 is 0.952 bits per heavy atom. The molecule has 0 saturated carbocycles. The van der Waals surface area contributed by atoms with Crippen molar-refractivity contribution in [3.63, 3.8) is 0 Å². The largest absolute Gasteiger partial charge is 0.465 e. The van der Waals surface area contributed by atoms with Gasteiger partial charge < -0.3 is 24.1 Å². The summed E-state index contributed by atoms with van der Waals surface area (Å²) in [6.07, 6.45) is 2.61. The molecule has 0 atom stereocenters. The van der Waals surface area contributed by atoms with Gasteiger partial charge in [0.1, 0.15) is 11.5 Å². The van der Waals surface area contributed by atoms with E-state index in [9.17, 15) is 24.0 Å². The number of fused-ring (bicyclic) bond motifs is 2. The Morgan fingerprint density at radius 3 is 2.43 bits per heavy atom. The van der Waals surface area contributed by atoms with Crippen molar-refractivity contribution in [2.24, 2.45) is 4.99 Å². The molecule has 4 rings (SSSR count). The lowest BCUT2D eigenvalue weighted by Gasteiger charge is -2.07. The minimum atomic E-state index is -0.495. The molecular weight excluding hydrogens is 603 g/mol. The van der Waals surface area contributed by atoms with Crippen molar-refractivity contribution in [1.82, 2.24) is 4.57 Å². The third kappa shape index (κ3) is 7.47. The van der Waals surface area contributed by atoms with E-state index in [4.69, 9.17) is 14.2 Å². The molecule has 0 radical (unpaired) electrons. The number of aromatic nitrogens is 1. The zero-order valence-electron chi connectivity index (χ0n) is 23.5. The normalized spacial score (nSPS) is 12.7. The highest BCUT2D eigenvalue weighted by Gasteiger charge is 2.28. The molecule has 0 aliphatic heterocycles. The Hall–Kier alpha value is -3.49. The van der Waals surface area contributed by atoms with Crippen LogP contribution in [0.25, 0.3) is 10.2 Å². The lowest BCUT2D eigenvalue weighted by molar-refractivity contribution is -0.143. The second kappa shape index (κ2) is 14.6. The Morgan fingerprint density at radius 2 is 1.69 bits per heavy atom. The van der Waals surface area contributed by atoms with Gasteiger partial charge in [-0.25, -0.2) is 9.59 Å². The number of ether oxygens (including phenoxy) is 3. The molecule has 3 aromatic rings. The molecular formula is C28H31N3O8S3. The third-order valence-electron chi connectivity index (χ3n) is 6.12. The molecule has 2 heterocycles. The first-order chi connectivity index (χ1) is 20.2. The topological polar surface area (TPSA) is 142 Å². The van der Waals surface area contributed by atoms with E-state index in [1.54, 1.807) is 43.5 Å². The van der Waals surface area contributed by atoms with Crippen LogP contribution in [0.4, 0.5) is 5.00 Å². The van der Waals surface area contributed by atoms with Gasteiger partial charge in [-0.15, -0.1) is 23.1 Å². The van der Waals surface area contributed by atoms with Crippen LogP contribution in [0.5, 0.6) is 0 Å². The minimum Gasteiger partial charge on any atom is -0.465 e. The van der Waals surface area contributed by atoms with Crippen molar-refractivity contribution in [3.05, 3.63) is 44.6 Å². The maximum Gasteiger partial charge on any atom is 0.341 e. The van der Waals surface area contributed by atoms with E-state index in [0.29, 0.717) is 26.3 Å². The number of carbonyl (C=O) groups excluding carboxylic acids is 5. The van der Waals surface area contributed by atoms with Crippen molar-refractivity contribution < 1.29 is 38.2 Å². The Balaban J connectivity index is 1.46. The molecule has 2 amide bonds. The molecule has 0 bridgehead atoms. The van der Waals surface area contributed by atoms with E-state index in [-0.39, 0.29) is 48.6 Å². The van der Waals surface area contributed by atoms with Crippen molar-refractivity contribution in [2.45, 2.75) is 46.6 Å². The number of esters is 3. The molecule has 1 aliphatic rings. The average Bonchev–Trinajstić information content (AvgIpc) is 3.62. The number of benzene rings is 1. The first kappa shape index (κ1) is 31.4. The molecule has 0 saturated heterocycles. The number of hydrogen-bond acceptors (Lipinski definition) is 11. The number of thiophene rings is 1. The second-order valence-electron chi connectivity index (χ2n) is 9.01. The van der Waals surface area contributed by atoms with Crippen molar-refractivity contribution in [3.8, 4) is 0 Å². The van der Waals surface area contributed by atoms with Gasteiger partial charge in [0.15, 0.2) is 4.80 Å². The fraction of sp³-hybridized carbons (Fsp3) is 0.429. The number of thiazole rings is 1. The monoisotopic (exact) mass is 633 g/mol. The minimum absolute atomic E-state index is 0.0236. The van der Waals surface area contributed by atoms with Gasteiger partial charge in [-0.05, 0) is 63.8 Å². The van der Waals surface area contributed by atoms with Crippen LogP contribution < -0.4 is 10.1 Å². The first-order valence-electron chi connectivity index (χ1n) is 13.5. The molecule has 42 heavy (non-hydrogen) atoms. The van der Waals surface area contributed by atoms with Crippen molar-refractivity contribution in [2.75, 3.05) is 36.6 Å². The first-order valence-corrected chi connectivity index (χ1v) is 16.3. The predicted octanol–water partition coefficient (Wildman–Crippen LogP) is 3.97. The van der Waals surface area contributed by atoms with Crippen LogP contribution >= 0.6 is 34.4 Å². The van der Waals surface area contributed by atoms with Crippen LogP contribution in [0.3, 0.4) is 0 Å². The third-order valence-corrected chi connectivity index (χ3v) is 9.29. The number of thioether (sulfide) groups is 1. The van der Waals surface area contributed by atoms with Gasteiger partial charge in [0.05, 0.1) is 52.7 Å². The molecule has 0 unspecified atom stereocenters. The Labute approximate surface area is 254 Å². The summed E-state index contributed by atoms with van der Waals surface area (Å²) in [4.78, 5) is 68.0. The van der Waals surface area contributed by atoms with Crippen LogP contribution in [0.1, 0.15) is 58.3 Å². The summed E-state index contributed by atoms with van der Waals surface area (Å²) >= 11 is 3.63. The molecule has 1 N–H and O–H groups in total. The number of carbonyl (C=O) groups is 5.